The quantitative estimate of drug-likeness (QED) is 0.886. The van der Waals surface area contributed by atoms with Crippen LogP contribution < -0.4 is 5.32 Å². The van der Waals surface area contributed by atoms with E-state index in [0.717, 1.165) is 10.0 Å². The van der Waals surface area contributed by atoms with Gasteiger partial charge in [-0.15, -0.1) is 0 Å². The van der Waals surface area contributed by atoms with Gasteiger partial charge in [-0.05, 0) is 32.4 Å². The van der Waals surface area contributed by atoms with Crippen molar-refractivity contribution in [3.8, 4) is 0 Å². The molecule has 0 aliphatic heterocycles. The number of aliphatic hydroxyl groups is 1. The Balaban J connectivity index is 2.62. The highest BCUT2D eigenvalue weighted by Crippen LogP contribution is 2.22. The lowest BCUT2D eigenvalue weighted by Gasteiger charge is -2.23. The molecular formula is C12H18BrNO. The first-order chi connectivity index (χ1) is 6.90. The normalized spacial score (nSPS) is 13.9. The van der Waals surface area contributed by atoms with Gasteiger partial charge in [0.05, 0.1) is 6.10 Å². The minimum Gasteiger partial charge on any atom is -0.387 e. The number of β-amino-alcohol motifs (C(OH)–C–C–N with tert-alkyl or cyclic N) is 1. The van der Waals surface area contributed by atoms with E-state index in [-0.39, 0.29) is 5.54 Å². The summed E-state index contributed by atoms with van der Waals surface area (Å²) in [6, 6.07) is 7.74. The molecule has 3 heteroatoms. The fourth-order valence-corrected chi connectivity index (χ4v) is 1.81. The molecule has 2 nitrogen and oxygen atoms in total. The molecule has 0 aliphatic carbocycles. The third-order valence-corrected chi connectivity index (χ3v) is 2.81. The van der Waals surface area contributed by atoms with Crippen LogP contribution in [0.3, 0.4) is 0 Å². The summed E-state index contributed by atoms with van der Waals surface area (Å²) < 4.78 is 0.952. The van der Waals surface area contributed by atoms with Crippen molar-refractivity contribution in [1.82, 2.24) is 5.32 Å². The molecule has 0 bridgehead atoms. The Labute approximate surface area is 99.8 Å². The molecule has 1 atom stereocenters. The van der Waals surface area contributed by atoms with Crippen LogP contribution in [0.2, 0.25) is 0 Å². The zero-order chi connectivity index (χ0) is 11.5. The molecule has 0 heterocycles. The van der Waals surface area contributed by atoms with E-state index in [1.54, 1.807) is 0 Å². The lowest BCUT2D eigenvalue weighted by Crippen LogP contribution is -2.38. The van der Waals surface area contributed by atoms with Crippen LogP contribution in [0, 0.1) is 0 Å². The van der Waals surface area contributed by atoms with E-state index in [1.165, 1.54) is 0 Å². The summed E-state index contributed by atoms with van der Waals surface area (Å²) in [4.78, 5) is 0. The van der Waals surface area contributed by atoms with Gasteiger partial charge in [0.25, 0.3) is 0 Å². The van der Waals surface area contributed by atoms with E-state index < -0.39 is 6.10 Å². The van der Waals surface area contributed by atoms with Crippen LogP contribution in [-0.2, 0) is 0 Å². The van der Waals surface area contributed by atoms with Crippen molar-refractivity contribution in [3.63, 3.8) is 0 Å². The second kappa shape index (κ2) is 5.10. The Hall–Kier alpha value is -0.380. The Kier molecular flexibility index (Phi) is 4.32. The summed E-state index contributed by atoms with van der Waals surface area (Å²) in [5.74, 6) is 0. The van der Waals surface area contributed by atoms with E-state index in [4.69, 9.17) is 0 Å². The molecule has 0 amide bonds. The van der Waals surface area contributed by atoms with Gasteiger partial charge in [-0.2, -0.15) is 0 Å². The monoisotopic (exact) mass is 271 g/mol. The Morgan fingerprint density at radius 1 is 1.33 bits per heavy atom. The second-order valence-electron chi connectivity index (χ2n) is 4.67. The summed E-state index contributed by atoms with van der Waals surface area (Å²) in [6.07, 6.45) is -0.472. The first-order valence-electron chi connectivity index (χ1n) is 5.08. The zero-order valence-electron chi connectivity index (χ0n) is 9.42. The lowest BCUT2D eigenvalue weighted by atomic mass is 10.1. The highest BCUT2D eigenvalue weighted by atomic mass is 79.9. The number of hydrogen-bond acceptors (Lipinski definition) is 2. The maximum absolute atomic E-state index is 9.97. The minimum atomic E-state index is -0.472. The molecule has 0 spiro atoms. The van der Waals surface area contributed by atoms with Gasteiger partial charge in [0.15, 0.2) is 0 Å². The van der Waals surface area contributed by atoms with Crippen molar-refractivity contribution < 1.29 is 5.11 Å². The number of halogens is 1. The standard InChI is InChI=1S/C12H18BrNO/c1-12(2,3)14-8-11(15)9-6-4-5-7-10(9)13/h4-7,11,14-15H,8H2,1-3H3. The van der Waals surface area contributed by atoms with Gasteiger partial charge >= 0.3 is 0 Å². The number of benzene rings is 1. The average Bonchev–Trinajstić information content (AvgIpc) is 2.14. The van der Waals surface area contributed by atoms with E-state index in [1.807, 2.05) is 24.3 Å². The van der Waals surface area contributed by atoms with Crippen molar-refractivity contribution in [1.29, 1.82) is 0 Å². The highest BCUT2D eigenvalue weighted by molar-refractivity contribution is 9.10. The molecule has 15 heavy (non-hydrogen) atoms. The Morgan fingerprint density at radius 3 is 2.47 bits per heavy atom. The van der Waals surface area contributed by atoms with Gasteiger partial charge in [-0.25, -0.2) is 0 Å². The maximum atomic E-state index is 9.97. The number of nitrogens with one attached hydrogen (secondary N) is 1. The molecule has 1 aromatic rings. The Morgan fingerprint density at radius 2 is 1.93 bits per heavy atom. The molecule has 1 rings (SSSR count). The van der Waals surface area contributed by atoms with Crippen molar-refractivity contribution in [2.45, 2.75) is 32.4 Å². The fraction of sp³-hybridized carbons (Fsp3) is 0.500. The molecule has 1 unspecified atom stereocenters. The van der Waals surface area contributed by atoms with E-state index in [9.17, 15) is 5.11 Å². The lowest BCUT2D eigenvalue weighted by molar-refractivity contribution is 0.162. The molecule has 1 aromatic carbocycles. The highest BCUT2D eigenvalue weighted by Gasteiger charge is 2.14. The van der Waals surface area contributed by atoms with Gasteiger partial charge < -0.3 is 10.4 Å². The summed E-state index contributed by atoms with van der Waals surface area (Å²) in [5, 5.41) is 13.2. The second-order valence-corrected chi connectivity index (χ2v) is 5.52. The molecule has 0 radical (unpaired) electrons. The van der Waals surface area contributed by atoms with Crippen molar-refractivity contribution in [3.05, 3.63) is 34.3 Å². The summed E-state index contributed by atoms with van der Waals surface area (Å²) >= 11 is 3.43. The van der Waals surface area contributed by atoms with Crippen LogP contribution in [0.1, 0.15) is 32.4 Å². The molecule has 84 valence electrons. The molecule has 0 saturated heterocycles. The number of rotatable bonds is 3. The van der Waals surface area contributed by atoms with E-state index in [2.05, 4.69) is 42.0 Å². The predicted molar refractivity (Wildman–Crippen MR) is 66.9 cm³/mol. The molecular weight excluding hydrogens is 254 g/mol. The average molecular weight is 272 g/mol. The van der Waals surface area contributed by atoms with Gasteiger partial charge in [0, 0.05) is 16.6 Å². The first kappa shape index (κ1) is 12.7. The zero-order valence-corrected chi connectivity index (χ0v) is 11.0. The number of hydrogen-bond donors (Lipinski definition) is 2. The molecule has 0 saturated carbocycles. The van der Waals surface area contributed by atoms with Crippen LogP contribution in [0.15, 0.2) is 28.7 Å². The van der Waals surface area contributed by atoms with Gasteiger partial charge in [0.2, 0.25) is 0 Å². The van der Waals surface area contributed by atoms with Crippen LogP contribution in [0.4, 0.5) is 0 Å². The summed E-state index contributed by atoms with van der Waals surface area (Å²) in [7, 11) is 0. The summed E-state index contributed by atoms with van der Waals surface area (Å²) in [6.45, 7) is 6.81. The minimum absolute atomic E-state index is 0.0300. The fourth-order valence-electron chi connectivity index (χ4n) is 1.26. The number of aliphatic hydroxyl groups excluding tert-OH is 1. The molecule has 0 aliphatic rings. The van der Waals surface area contributed by atoms with Crippen LogP contribution in [0.5, 0.6) is 0 Å². The maximum Gasteiger partial charge on any atom is 0.0925 e. The predicted octanol–water partition coefficient (Wildman–Crippen LogP) is 2.87. The van der Waals surface area contributed by atoms with E-state index in [0.29, 0.717) is 6.54 Å². The smallest absolute Gasteiger partial charge is 0.0925 e. The van der Waals surface area contributed by atoms with Crippen LogP contribution >= 0.6 is 15.9 Å². The third-order valence-electron chi connectivity index (χ3n) is 2.09. The van der Waals surface area contributed by atoms with Gasteiger partial charge in [-0.3, -0.25) is 0 Å². The Bertz CT molecular complexity index is 320. The third kappa shape index (κ3) is 4.33. The van der Waals surface area contributed by atoms with Crippen LogP contribution in [-0.4, -0.2) is 17.2 Å². The van der Waals surface area contributed by atoms with Gasteiger partial charge in [-0.1, -0.05) is 34.1 Å². The first-order valence-corrected chi connectivity index (χ1v) is 5.87. The van der Waals surface area contributed by atoms with Gasteiger partial charge in [0.1, 0.15) is 0 Å². The van der Waals surface area contributed by atoms with Crippen molar-refractivity contribution in [2.75, 3.05) is 6.54 Å². The van der Waals surface area contributed by atoms with E-state index >= 15 is 0 Å². The summed E-state index contributed by atoms with van der Waals surface area (Å²) in [5.41, 5.74) is 0.955. The van der Waals surface area contributed by atoms with Crippen LogP contribution in [0.25, 0.3) is 0 Å². The van der Waals surface area contributed by atoms with Crippen molar-refractivity contribution in [2.24, 2.45) is 0 Å². The SMILES string of the molecule is CC(C)(C)NCC(O)c1ccccc1Br. The molecule has 0 aromatic heterocycles. The molecule has 2 N–H and O–H groups in total. The topological polar surface area (TPSA) is 32.3 Å². The van der Waals surface area contributed by atoms with Crippen molar-refractivity contribution >= 4 is 15.9 Å². The molecule has 0 fully saturated rings. The largest absolute Gasteiger partial charge is 0.387 e.